The molecule has 0 heterocycles. The van der Waals surface area contributed by atoms with Crippen molar-refractivity contribution in [3.8, 4) is 0 Å². The first kappa shape index (κ1) is 16.7. The topological polar surface area (TPSA) is 44.4 Å². The zero-order valence-electron chi connectivity index (χ0n) is 13.1. The molecule has 1 atom stereocenters. The lowest BCUT2D eigenvalue weighted by atomic mass is 10.2. The van der Waals surface area contributed by atoms with Crippen LogP contribution in [0.5, 0.6) is 0 Å². The van der Waals surface area contributed by atoms with Gasteiger partial charge in [0.25, 0.3) is 0 Å². The molecule has 20 heavy (non-hydrogen) atoms. The van der Waals surface area contributed by atoms with Crippen LogP contribution in [0.1, 0.15) is 26.3 Å². The maximum Gasteiger partial charge on any atom is 0.241 e. The Bertz CT molecular complexity index is 399. The molecule has 2 N–H and O–H groups in total. The number of aryl methyl sites for hydroxylation is 1. The molecule has 0 aromatic heterocycles. The normalized spacial score (nSPS) is 12.4. The van der Waals surface area contributed by atoms with Crippen LogP contribution in [0, 0.1) is 6.92 Å². The number of carbonyl (C=O) groups is 1. The highest BCUT2D eigenvalue weighted by Crippen LogP contribution is 2.08. The van der Waals surface area contributed by atoms with Gasteiger partial charge in [0.2, 0.25) is 5.91 Å². The highest BCUT2D eigenvalue weighted by atomic mass is 16.2. The van der Waals surface area contributed by atoms with E-state index in [2.05, 4.69) is 29.4 Å². The second-order valence-electron chi connectivity index (χ2n) is 5.06. The molecule has 0 aliphatic heterocycles. The largest absolute Gasteiger partial charge is 0.325 e. The van der Waals surface area contributed by atoms with Crippen molar-refractivity contribution in [1.82, 2.24) is 10.2 Å². The number of anilines is 1. The van der Waals surface area contributed by atoms with Gasteiger partial charge in [0.1, 0.15) is 0 Å². The molecule has 0 spiro atoms. The van der Waals surface area contributed by atoms with E-state index in [0.29, 0.717) is 0 Å². The molecule has 1 unspecified atom stereocenters. The molecule has 0 saturated carbocycles. The van der Waals surface area contributed by atoms with Crippen molar-refractivity contribution < 1.29 is 4.79 Å². The van der Waals surface area contributed by atoms with Crippen LogP contribution in [-0.4, -0.2) is 43.0 Å². The van der Waals surface area contributed by atoms with Crippen molar-refractivity contribution in [3.05, 3.63) is 29.8 Å². The Morgan fingerprint density at radius 2 is 1.80 bits per heavy atom. The van der Waals surface area contributed by atoms with Crippen LogP contribution >= 0.6 is 0 Å². The Kier molecular flexibility index (Phi) is 7.26. The number of rotatable bonds is 8. The molecule has 1 rings (SSSR count). The van der Waals surface area contributed by atoms with Crippen molar-refractivity contribution >= 4 is 11.6 Å². The number of nitrogens with zero attached hydrogens (tertiary/aromatic N) is 1. The molecule has 1 amide bonds. The van der Waals surface area contributed by atoms with Gasteiger partial charge in [-0.15, -0.1) is 0 Å². The van der Waals surface area contributed by atoms with Gasteiger partial charge in [-0.05, 0) is 39.1 Å². The predicted octanol–water partition coefficient (Wildman–Crippen LogP) is 2.25. The van der Waals surface area contributed by atoms with Crippen LogP contribution in [0.2, 0.25) is 0 Å². The molecule has 0 fully saturated rings. The summed E-state index contributed by atoms with van der Waals surface area (Å²) in [5.41, 5.74) is 2.03. The molecule has 0 radical (unpaired) electrons. The van der Waals surface area contributed by atoms with Gasteiger partial charge in [-0.2, -0.15) is 0 Å². The molecule has 4 nitrogen and oxygen atoms in total. The van der Waals surface area contributed by atoms with Gasteiger partial charge in [0.15, 0.2) is 0 Å². The molecule has 0 aliphatic rings. The maximum absolute atomic E-state index is 12.0. The van der Waals surface area contributed by atoms with E-state index in [4.69, 9.17) is 0 Å². The minimum Gasteiger partial charge on any atom is -0.325 e. The summed E-state index contributed by atoms with van der Waals surface area (Å²) >= 11 is 0. The van der Waals surface area contributed by atoms with Gasteiger partial charge in [-0.25, -0.2) is 0 Å². The second kappa shape index (κ2) is 8.72. The van der Waals surface area contributed by atoms with E-state index >= 15 is 0 Å². The van der Waals surface area contributed by atoms with Crippen molar-refractivity contribution in [2.24, 2.45) is 0 Å². The highest BCUT2D eigenvalue weighted by molar-refractivity contribution is 5.94. The van der Waals surface area contributed by atoms with Crippen molar-refractivity contribution in [1.29, 1.82) is 0 Å². The average molecular weight is 277 g/mol. The first-order chi connectivity index (χ1) is 9.56. The summed E-state index contributed by atoms with van der Waals surface area (Å²) in [5.74, 6) is 0.00778. The molecular weight excluding hydrogens is 250 g/mol. The lowest BCUT2D eigenvalue weighted by molar-refractivity contribution is -0.117. The molecule has 112 valence electrons. The summed E-state index contributed by atoms with van der Waals surface area (Å²) in [7, 11) is 0. The lowest BCUT2D eigenvalue weighted by Crippen LogP contribution is -2.42. The third-order valence-corrected chi connectivity index (χ3v) is 3.49. The molecule has 4 heteroatoms. The highest BCUT2D eigenvalue weighted by Gasteiger charge is 2.12. The zero-order chi connectivity index (χ0) is 15.0. The minimum absolute atomic E-state index is 0.00778. The fourth-order valence-electron chi connectivity index (χ4n) is 1.96. The van der Waals surface area contributed by atoms with Crippen LogP contribution in [0.4, 0.5) is 5.69 Å². The second-order valence-corrected chi connectivity index (χ2v) is 5.06. The van der Waals surface area contributed by atoms with E-state index in [1.165, 1.54) is 5.56 Å². The Balaban J connectivity index is 2.33. The van der Waals surface area contributed by atoms with Crippen LogP contribution < -0.4 is 10.6 Å². The molecule has 1 aromatic rings. The van der Waals surface area contributed by atoms with Gasteiger partial charge in [-0.1, -0.05) is 31.5 Å². The summed E-state index contributed by atoms with van der Waals surface area (Å²) in [6, 6.07) is 7.65. The van der Waals surface area contributed by atoms with Crippen LogP contribution in [0.3, 0.4) is 0 Å². The number of hydrogen-bond acceptors (Lipinski definition) is 3. The van der Waals surface area contributed by atoms with E-state index in [1.807, 2.05) is 38.1 Å². The number of amides is 1. The molecule has 0 saturated heterocycles. The van der Waals surface area contributed by atoms with Crippen molar-refractivity contribution in [2.45, 2.75) is 33.7 Å². The van der Waals surface area contributed by atoms with E-state index in [9.17, 15) is 4.79 Å². The summed E-state index contributed by atoms with van der Waals surface area (Å²) in [5, 5.41) is 6.18. The molecule has 0 aliphatic carbocycles. The Hall–Kier alpha value is -1.39. The summed E-state index contributed by atoms with van der Waals surface area (Å²) in [4.78, 5) is 14.4. The lowest BCUT2D eigenvalue weighted by Gasteiger charge is -2.20. The average Bonchev–Trinajstić information content (AvgIpc) is 2.45. The Morgan fingerprint density at radius 3 is 2.35 bits per heavy atom. The summed E-state index contributed by atoms with van der Waals surface area (Å²) < 4.78 is 0. The molecule has 0 bridgehead atoms. The van der Waals surface area contributed by atoms with Crippen LogP contribution in [-0.2, 0) is 4.79 Å². The van der Waals surface area contributed by atoms with Crippen molar-refractivity contribution in [2.75, 3.05) is 31.5 Å². The van der Waals surface area contributed by atoms with Crippen LogP contribution in [0.15, 0.2) is 24.3 Å². The third-order valence-electron chi connectivity index (χ3n) is 3.49. The number of nitrogens with one attached hydrogen (secondary N) is 2. The standard InChI is InChI=1S/C16H27N3O/c1-5-19(6-2)12-11-17-14(4)16(20)18-15-9-7-13(3)8-10-15/h7-10,14,17H,5-6,11-12H2,1-4H3,(H,18,20). The van der Waals surface area contributed by atoms with E-state index < -0.39 is 0 Å². The fourth-order valence-corrected chi connectivity index (χ4v) is 1.96. The monoisotopic (exact) mass is 277 g/mol. The summed E-state index contributed by atoms with van der Waals surface area (Å²) in [6.07, 6.45) is 0. The maximum atomic E-state index is 12.0. The van der Waals surface area contributed by atoms with E-state index in [0.717, 1.165) is 31.9 Å². The van der Waals surface area contributed by atoms with E-state index in [1.54, 1.807) is 0 Å². The van der Waals surface area contributed by atoms with Gasteiger partial charge in [0, 0.05) is 18.8 Å². The fraction of sp³-hybridized carbons (Fsp3) is 0.562. The summed E-state index contributed by atoms with van der Waals surface area (Å²) in [6.45, 7) is 12.1. The smallest absolute Gasteiger partial charge is 0.241 e. The number of benzene rings is 1. The van der Waals surface area contributed by atoms with Crippen LogP contribution in [0.25, 0.3) is 0 Å². The number of carbonyl (C=O) groups excluding carboxylic acids is 1. The number of hydrogen-bond donors (Lipinski definition) is 2. The predicted molar refractivity (Wildman–Crippen MR) is 85.1 cm³/mol. The Morgan fingerprint density at radius 1 is 1.20 bits per heavy atom. The molecular formula is C16H27N3O. The van der Waals surface area contributed by atoms with Gasteiger partial charge in [0.05, 0.1) is 6.04 Å². The van der Waals surface area contributed by atoms with Gasteiger partial charge < -0.3 is 15.5 Å². The quantitative estimate of drug-likeness (QED) is 0.766. The van der Waals surface area contributed by atoms with Gasteiger partial charge in [-0.3, -0.25) is 4.79 Å². The molecule has 1 aromatic carbocycles. The minimum atomic E-state index is -0.188. The SMILES string of the molecule is CCN(CC)CCNC(C)C(=O)Nc1ccc(C)cc1. The number of likely N-dealkylation sites (N-methyl/N-ethyl adjacent to an activating group) is 1. The van der Waals surface area contributed by atoms with E-state index in [-0.39, 0.29) is 11.9 Å². The first-order valence-electron chi connectivity index (χ1n) is 7.40. The first-order valence-corrected chi connectivity index (χ1v) is 7.40. The zero-order valence-corrected chi connectivity index (χ0v) is 13.1. The Labute approximate surface area is 122 Å². The third kappa shape index (κ3) is 5.72. The van der Waals surface area contributed by atoms with Gasteiger partial charge >= 0.3 is 0 Å². The van der Waals surface area contributed by atoms with Crippen molar-refractivity contribution in [3.63, 3.8) is 0 Å².